The van der Waals surface area contributed by atoms with Crippen molar-refractivity contribution in [1.82, 2.24) is 19.7 Å². The lowest BCUT2D eigenvalue weighted by molar-refractivity contribution is -0.116. The van der Waals surface area contributed by atoms with E-state index in [4.69, 9.17) is 0 Å². The van der Waals surface area contributed by atoms with Gasteiger partial charge < -0.3 is 4.57 Å². The van der Waals surface area contributed by atoms with E-state index in [1.54, 1.807) is 11.3 Å². The van der Waals surface area contributed by atoms with Gasteiger partial charge in [-0.3, -0.25) is 4.79 Å². The third-order valence-electron chi connectivity index (χ3n) is 5.19. The lowest BCUT2D eigenvalue weighted by atomic mass is 10.1. The van der Waals surface area contributed by atoms with Crippen molar-refractivity contribution >= 4 is 40.2 Å². The molecule has 5 rings (SSSR count). The first-order valence-corrected chi connectivity index (χ1v) is 13.0. The van der Waals surface area contributed by atoms with Crippen molar-refractivity contribution in [2.24, 2.45) is 0 Å². The number of ketones is 1. The minimum atomic E-state index is -0.868. The van der Waals surface area contributed by atoms with Crippen molar-refractivity contribution in [3.05, 3.63) is 68.9 Å². The Morgan fingerprint density at radius 2 is 2.03 bits per heavy atom. The molecule has 32 heavy (non-hydrogen) atoms. The highest BCUT2D eigenvalue weighted by atomic mass is 32.2. The van der Waals surface area contributed by atoms with E-state index in [0.29, 0.717) is 11.0 Å². The van der Waals surface area contributed by atoms with Gasteiger partial charge in [-0.15, -0.1) is 32.9 Å². The van der Waals surface area contributed by atoms with Gasteiger partial charge in [-0.1, -0.05) is 48.2 Å². The molecule has 1 fully saturated rings. The number of aromatic nitrogens is 4. The van der Waals surface area contributed by atoms with Crippen molar-refractivity contribution in [3.8, 4) is 17.3 Å². The predicted octanol–water partition coefficient (Wildman–Crippen LogP) is 5.36. The van der Waals surface area contributed by atoms with Gasteiger partial charge >= 0.3 is 0 Å². The fourth-order valence-corrected chi connectivity index (χ4v) is 5.96. The van der Waals surface area contributed by atoms with Gasteiger partial charge in [-0.25, -0.2) is 4.98 Å². The summed E-state index contributed by atoms with van der Waals surface area (Å²) in [5.74, 6) is 0.0844. The van der Waals surface area contributed by atoms with Gasteiger partial charge in [0.1, 0.15) is 10.8 Å². The zero-order valence-electron chi connectivity index (χ0n) is 17.0. The van der Waals surface area contributed by atoms with Crippen molar-refractivity contribution in [1.29, 1.82) is 5.26 Å². The van der Waals surface area contributed by atoms with Crippen molar-refractivity contribution < 1.29 is 4.79 Å². The maximum atomic E-state index is 12.9. The first-order valence-electron chi connectivity index (χ1n) is 10.2. The molecule has 0 aliphatic heterocycles. The number of Topliss-reactive ketones (excluding diaryl/α,β-unsaturated/α-hetero) is 1. The second kappa shape index (κ2) is 9.36. The second-order valence-electron chi connectivity index (χ2n) is 7.51. The number of thiophene rings is 1. The van der Waals surface area contributed by atoms with Gasteiger partial charge in [-0.2, -0.15) is 5.26 Å². The van der Waals surface area contributed by atoms with Crippen LogP contribution in [0, 0.1) is 11.3 Å². The molecule has 1 saturated carbocycles. The normalized spacial score (nSPS) is 14.2. The van der Waals surface area contributed by atoms with Gasteiger partial charge in [0, 0.05) is 28.3 Å². The summed E-state index contributed by atoms with van der Waals surface area (Å²) in [6, 6.07) is 16.5. The third kappa shape index (κ3) is 4.53. The predicted molar refractivity (Wildman–Crippen MR) is 127 cm³/mol. The molecule has 0 amide bonds. The van der Waals surface area contributed by atoms with Gasteiger partial charge in [0.25, 0.3) is 0 Å². The average Bonchev–Trinajstić information content (AvgIpc) is 3.20. The molecule has 1 unspecified atom stereocenters. The fraction of sp³-hybridized carbons (Fsp3) is 0.261. The summed E-state index contributed by atoms with van der Waals surface area (Å²) in [6.45, 7) is 0. The van der Waals surface area contributed by atoms with E-state index < -0.39 is 5.92 Å². The third-order valence-corrected chi connectivity index (χ3v) is 7.94. The van der Waals surface area contributed by atoms with Crippen LogP contribution in [-0.4, -0.2) is 31.3 Å². The maximum Gasteiger partial charge on any atom is 0.191 e. The van der Waals surface area contributed by atoms with Crippen LogP contribution < -0.4 is 0 Å². The van der Waals surface area contributed by atoms with Crippen LogP contribution in [0.4, 0.5) is 0 Å². The quantitative estimate of drug-likeness (QED) is 0.302. The number of benzene rings is 1. The van der Waals surface area contributed by atoms with Crippen LogP contribution in [0.15, 0.2) is 58.4 Å². The van der Waals surface area contributed by atoms with Crippen LogP contribution in [0.1, 0.15) is 40.5 Å². The summed E-state index contributed by atoms with van der Waals surface area (Å²) in [5.41, 5.74) is 1.77. The summed E-state index contributed by atoms with van der Waals surface area (Å²) in [5, 5.41) is 23.7. The van der Waals surface area contributed by atoms with Crippen LogP contribution in [-0.2, 0) is 11.2 Å². The molecule has 3 aromatic heterocycles. The summed E-state index contributed by atoms with van der Waals surface area (Å²) >= 11 is 4.43. The maximum absolute atomic E-state index is 12.9. The molecule has 6 nitrogen and oxygen atoms in total. The summed E-state index contributed by atoms with van der Waals surface area (Å²) < 4.78 is 2.18. The zero-order valence-corrected chi connectivity index (χ0v) is 19.5. The van der Waals surface area contributed by atoms with Crippen molar-refractivity contribution in [2.75, 3.05) is 5.75 Å². The molecule has 9 heteroatoms. The Kier molecular flexibility index (Phi) is 6.17. The Labute approximate surface area is 198 Å². The Morgan fingerprint density at radius 3 is 2.75 bits per heavy atom. The van der Waals surface area contributed by atoms with E-state index in [0.717, 1.165) is 41.5 Å². The summed E-state index contributed by atoms with van der Waals surface area (Å²) in [7, 11) is 0. The van der Waals surface area contributed by atoms with Crippen LogP contribution in [0.25, 0.3) is 11.3 Å². The van der Waals surface area contributed by atoms with E-state index >= 15 is 0 Å². The lowest BCUT2D eigenvalue weighted by Crippen LogP contribution is -2.14. The molecule has 160 valence electrons. The Balaban J connectivity index is 1.29. The number of rotatable bonds is 9. The van der Waals surface area contributed by atoms with Crippen LogP contribution in [0.2, 0.25) is 0 Å². The standard InChI is InChI=1S/C23H19N5OS3/c24-12-18(22-25-19(13-31-22)15-5-2-1-3-6-15)20(29)14-32-23-27-26-21(28(23)16-8-9-16)11-17-7-4-10-30-17/h1-7,10,13,16,18H,8-9,11,14H2. The van der Waals surface area contributed by atoms with E-state index in [-0.39, 0.29) is 11.5 Å². The molecule has 1 aromatic carbocycles. The number of nitriles is 1. The van der Waals surface area contributed by atoms with Gasteiger partial charge in [0.05, 0.1) is 17.5 Å². The first-order chi connectivity index (χ1) is 15.7. The summed E-state index contributed by atoms with van der Waals surface area (Å²) in [6.07, 6.45) is 2.97. The number of carbonyl (C=O) groups excluding carboxylic acids is 1. The fourth-order valence-electron chi connectivity index (χ4n) is 3.44. The highest BCUT2D eigenvalue weighted by molar-refractivity contribution is 7.99. The smallest absolute Gasteiger partial charge is 0.191 e. The van der Waals surface area contributed by atoms with E-state index in [1.165, 1.54) is 28.0 Å². The second-order valence-corrected chi connectivity index (χ2v) is 10.4. The van der Waals surface area contributed by atoms with Crippen LogP contribution in [0.3, 0.4) is 0 Å². The molecule has 0 bridgehead atoms. The Morgan fingerprint density at radius 1 is 1.19 bits per heavy atom. The molecule has 1 aliphatic carbocycles. The Bertz CT molecular complexity index is 1250. The van der Waals surface area contributed by atoms with Crippen molar-refractivity contribution in [2.45, 2.75) is 36.4 Å². The molecular formula is C23H19N5OS3. The molecule has 0 saturated heterocycles. The minimum absolute atomic E-state index is 0.156. The topological polar surface area (TPSA) is 84.5 Å². The molecule has 3 heterocycles. The number of thiazole rings is 1. The highest BCUT2D eigenvalue weighted by Crippen LogP contribution is 2.39. The number of thioether (sulfide) groups is 1. The molecule has 4 aromatic rings. The number of carbonyl (C=O) groups is 1. The van der Waals surface area contributed by atoms with Gasteiger partial charge in [-0.05, 0) is 24.3 Å². The average molecular weight is 478 g/mol. The lowest BCUT2D eigenvalue weighted by Gasteiger charge is -2.09. The largest absolute Gasteiger partial charge is 0.303 e. The van der Waals surface area contributed by atoms with Crippen LogP contribution >= 0.6 is 34.4 Å². The number of nitrogens with zero attached hydrogens (tertiary/aromatic N) is 5. The van der Waals surface area contributed by atoms with Gasteiger partial charge in [0.2, 0.25) is 0 Å². The SMILES string of the molecule is N#CC(C(=O)CSc1nnc(Cc2cccs2)n1C1CC1)c1nc(-c2ccccc2)cs1. The molecule has 1 atom stereocenters. The monoisotopic (exact) mass is 477 g/mol. The van der Waals surface area contributed by atoms with E-state index in [1.807, 2.05) is 41.8 Å². The zero-order chi connectivity index (χ0) is 21.9. The molecule has 1 aliphatic rings. The molecule has 0 spiro atoms. The van der Waals surface area contributed by atoms with Gasteiger partial charge in [0.15, 0.2) is 16.9 Å². The highest BCUT2D eigenvalue weighted by Gasteiger charge is 2.31. The number of hydrogen-bond donors (Lipinski definition) is 0. The molecule has 0 N–H and O–H groups in total. The van der Waals surface area contributed by atoms with Crippen molar-refractivity contribution in [3.63, 3.8) is 0 Å². The van der Waals surface area contributed by atoms with Crippen LogP contribution in [0.5, 0.6) is 0 Å². The minimum Gasteiger partial charge on any atom is -0.303 e. The molecule has 0 radical (unpaired) electrons. The van der Waals surface area contributed by atoms with E-state index in [9.17, 15) is 10.1 Å². The summed E-state index contributed by atoms with van der Waals surface area (Å²) in [4.78, 5) is 18.7. The van der Waals surface area contributed by atoms with E-state index in [2.05, 4.69) is 37.3 Å². The number of hydrogen-bond acceptors (Lipinski definition) is 8. The first kappa shape index (κ1) is 21.1. The molecular weight excluding hydrogens is 458 g/mol. The Hall–Kier alpha value is -2.80.